The molecule has 78 valence electrons. The van der Waals surface area contributed by atoms with Gasteiger partial charge in [-0.3, -0.25) is 4.79 Å². The average molecular weight is 197 g/mol. The van der Waals surface area contributed by atoms with Crippen LogP contribution in [0.25, 0.3) is 0 Å². The lowest BCUT2D eigenvalue weighted by atomic mass is 10.0. The van der Waals surface area contributed by atoms with E-state index < -0.39 is 0 Å². The first kappa shape index (κ1) is 9.30. The molecule has 0 aromatic rings. The lowest BCUT2D eigenvalue weighted by molar-refractivity contribution is -0.123. The van der Waals surface area contributed by atoms with Gasteiger partial charge in [0.15, 0.2) is 0 Å². The van der Waals surface area contributed by atoms with E-state index in [0.717, 1.165) is 25.9 Å². The molecule has 2 aliphatic heterocycles. The Kier molecular flexibility index (Phi) is 2.56. The Morgan fingerprint density at radius 2 is 2.14 bits per heavy atom. The minimum absolute atomic E-state index is 0.0115. The Labute approximate surface area is 82.8 Å². The van der Waals surface area contributed by atoms with Crippen LogP contribution in [0, 0.1) is 0 Å². The van der Waals surface area contributed by atoms with E-state index in [-0.39, 0.29) is 18.0 Å². The third-order valence-electron chi connectivity index (χ3n) is 2.79. The Morgan fingerprint density at radius 3 is 2.79 bits per heavy atom. The van der Waals surface area contributed by atoms with Gasteiger partial charge in [0.25, 0.3) is 0 Å². The van der Waals surface area contributed by atoms with Crippen LogP contribution in [0.2, 0.25) is 0 Å². The van der Waals surface area contributed by atoms with Gasteiger partial charge in [-0.1, -0.05) is 0 Å². The third-order valence-corrected chi connectivity index (χ3v) is 2.79. The summed E-state index contributed by atoms with van der Waals surface area (Å²) in [5, 5.41) is 5.60. The van der Waals surface area contributed by atoms with E-state index >= 15 is 0 Å². The SMILES string of the molecule is O=C1CCC(N2CCCNC2=O)CN1. The maximum atomic E-state index is 11.5. The van der Waals surface area contributed by atoms with Crippen molar-refractivity contribution in [1.82, 2.24) is 15.5 Å². The fourth-order valence-electron chi connectivity index (χ4n) is 1.98. The van der Waals surface area contributed by atoms with Gasteiger partial charge in [0, 0.05) is 26.1 Å². The largest absolute Gasteiger partial charge is 0.354 e. The Balaban J connectivity index is 1.93. The zero-order valence-corrected chi connectivity index (χ0v) is 8.08. The molecule has 0 bridgehead atoms. The molecule has 0 aliphatic carbocycles. The molecular weight excluding hydrogens is 182 g/mol. The molecule has 0 saturated carbocycles. The predicted molar refractivity (Wildman–Crippen MR) is 50.8 cm³/mol. The van der Waals surface area contributed by atoms with Crippen molar-refractivity contribution in [2.75, 3.05) is 19.6 Å². The van der Waals surface area contributed by atoms with Crippen LogP contribution >= 0.6 is 0 Å². The number of hydrogen-bond donors (Lipinski definition) is 2. The first-order valence-corrected chi connectivity index (χ1v) is 5.08. The zero-order chi connectivity index (χ0) is 9.97. The van der Waals surface area contributed by atoms with Crippen molar-refractivity contribution < 1.29 is 9.59 Å². The van der Waals surface area contributed by atoms with E-state index in [1.54, 1.807) is 0 Å². The van der Waals surface area contributed by atoms with Crippen molar-refractivity contribution in [1.29, 1.82) is 0 Å². The molecule has 1 unspecified atom stereocenters. The fourth-order valence-corrected chi connectivity index (χ4v) is 1.98. The molecular formula is C9H15N3O2. The summed E-state index contributed by atoms with van der Waals surface area (Å²) >= 11 is 0. The van der Waals surface area contributed by atoms with E-state index in [1.807, 2.05) is 4.90 Å². The van der Waals surface area contributed by atoms with E-state index in [2.05, 4.69) is 10.6 Å². The lowest BCUT2D eigenvalue weighted by Gasteiger charge is -2.36. The summed E-state index contributed by atoms with van der Waals surface area (Å²) in [6.07, 6.45) is 2.32. The summed E-state index contributed by atoms with van der Waals surface area (Å²) in [7, 11) is 0. The standard InChI is InChI=1S/C9H15N3O2/c13-8-3-2-7(6-11-8)12-5-1-4-10-9(12)14/h7H,1-6H2,(H,10,14)(H,11,13). The molecule has 0 spiro atoms. The zero-order valence-electron chi connectivity index (χ0n) is 8.08. The second-order valence-corrected chi connectivity index (χ2v) is 3.78. The van der Waals surface area contributed by atoms with Crippen LogP contribution in [-0.4, -0.2) is 42.5 Å². The van der Waals surface area contributed by atoms with Crippen LogP contribution in [0.5, 0.6) is 0 Å². The number of carbonyl (C=O) groups is 2. The van der Waals surface area contributed by atoms with Gasteiger partial charge in [0.2, 0.25) is 5.91 Å². The summed E-state index contributed by atoms with van der Waals surface area (Å²) < 4.78 is 0. The molecule has 2 saturated heterocycles. The van der Waals surface area contributed by atoms with Crippen LogP contribution in [0.15, 0.2) is 0 Å². The summed E-state index contributed by atoms with van der Waals surface area (Å²) in [5.41, 5.74) is 0. The van der Waals surface area contributed by atoms with Gasteiger partial charge in [0.05, 0.1) is 6.04 Å². The highest BCUT2D eigenvalue weighted by Crippen LogP contribution is 2.13. The van der Waals surface area contributed by atoms with Crippen LogP contribution < -0.4 is 10.6 Å². The number of nitrogens with zero attached hydrogens (tertiary/aromatic N) is 1. The van der Waals surface area contributed by atoms with Crippen LogP contribution in [0.4, 0.5) is 4.79 Å². The number of hydrogen-bond acceptors (Lipinski definition) is 2. The first-order valence-electron chi connectivity index (χ1n) is 5.08. The van der Waals surface area contributed by atoms with Gasteiger partial charge in [-0.15, -0.1) is 0 Å². The van der Waals surface area contributed by atoms with Gasteiger partial charge in [0.1, 0.15) is 0 Å². The molecule has 0 aromatic heterocycles. The first-order chi connectivity index (χ1) is 6.77. The van der Waals surface area contributed by atoms with Crippen molar-refractivity contribution >= 4 is 11.9 Å². The van der Waals surface area contributed by atoms with Crippen molar-refractivity contribution in [2.45, 2.75) is 25.3 Å². The maximum Gasteiger partial charge on any atom is 0.317 e. The van der Waals surface area contributed by atoms with Gasteiger partial charge < -0.3 is 15.5 Å². The van der Waals surface area contributed by atoms with Gasteiger partial charge in [-0.25, -0.2) is 4.79 Å². The molecule has 1 atom stereocenters. The van der Waals surface area contributed by atoms with Gasteiger partial charge in [-0.05, 0) is 12.8 Å². The Hall–Kier alpha value is -1.26. The molecule has 14 heavy (non-hydrogen) atoms. The van der Waals surface area contributed by atoms with Crippen molar-refractivity contribution in [3.63, 3.8) is 0 Å². The number of nitrogens with one attached hydrogen (secondary N) is 2. The topological polar surface area (TPSA) is 61.4 Å². The molecule has 2 aliphatic rings. The number of carbonyl (C=O) groups excluding carboxylic acids is 2. The Morgan fingerprint density at radius 1 is 1.29 bits per heavy atom. The summed E-state index contributed by atoms with van der Waals surface area (Å²) in [5.74, 6) is 0.0960. The second kappa shape index (κ2) is 3.86. The molecule has 2 heterocycles. The lowest BCUT2D eigenvalue weighted by Crippen LogP contribution is -2.56. The molecule has 0 radical (unpaired) electrons. The smallest absolute Gasteiger partial charge is 0.317 e. The van der Waals surface area contributed by atoms with Crippen molar-refractivity contribution in [3.8, 4) is 0 Å². The Bertz CT molecular complexity index is 244. The highest BCUT2D eigenvalue weighted by molar-refractivity contribution is 5.78. The quantitative estimate of drug-likeness (QED) is 0.605. The number of urea groups is 1. The average Bonchev–Trinajstić information content (AvgIpc) is 2.20. The second-order valence-electron chi connectivity index (χ2n) is 3.78. The van der Waals surface area contributed by atoms with E-state index in [9.17, 15) is 9.59 Å². The molecule has 5 nitrogen and oxygen atoms in total. The highest BCUT2D eigenvalue weighted by Gasteiger charge is 2.28. The minimum Gasteiger partial charge on any atom is -0.354 e. The minimum atomic E-state index is 0.0115. The normalized spacial score (nSPS) is 28.3. The summed E-state index contributed by atoms with van der Waals surface area (Å²) in [6, 6.07) is 0.199. The number of rotatable bonds is 1. The third kappa shape index (κ3) is 1.81. The highest BCUT2D eigenvalue weighted by atomic mass is 16.2. The van der Waals surface area contributed by atoms with Crippen molar-refractivity contribution in [2.24, 2.45) is 0 Å². The van der Waals surface area contributed by atoms with Crippen LogP contribution in [0.3, 0.4) is 0 Å². The molecule has 2 rings (SSSR count). The number of piperidine rings is 1. The predicted octanol–water partition coefficient (Wildman–Crippen LogP) is -0.320. The van der Waals surface area contributed by atoms with Crippen LogP contribution in [0.1, 0.15) is 19.3 Å². The van der Waals surface area contributed by atoms with E-state index in [0.29, 0.717) is 13.0 Å². The summed E-state index contributed by atoms with van der Waals surface area (Å²) in [6.45, 7) is 2.19. The van der Waals surface area contributed by atoms with E-state index in [4.69, 9.17) is 0 Å². The molecule has 5 heteroatoms. The summed E-state index contributed by atoms with van der Waals surface area (Å²) in [4.78, 5) is 24.3. The monoisotopic (exact) mass is 197 g/mol. The van der Waals surface area contributed by atoms with E-state index in [1.165, 1.54) is 0 Å². The molecule has 3 amide bonds. The molecule has 2 fully saturated rings. The molecule has 2 N–H and O–H groups in total. The van der Waals surface area contributed by atoms with Crippen molar-refractivity contribution in [3.05, 3.63) is 0 Å². The molecule has 0 aromatic carbocycles. The van der Waals surface area contributed by atoms with Gasteiger partial charge in [-0.2, -0.15) is 0 Å². The van der Waals surface area contributed by atoms with Crippen LogP contribution in [-0.2, 0) is 4.79 Å². The van der Waals surface area contributed by atoms with Gasteiger partial charge >= 0.3 is 6.03 Å². The number of amides is 3. The maximum absolute atomic E-state index is 11.5. The fraction of sp³-hybridized carbons (Fsp3) is 0.778.